The topological polar surface area (TPSA) is 135 Å². The lowest BCUT2D eigenvalue weighted by molar-refractivity contribution is 0.0361. The van der Waals surface area contributed by atoms with Crippen LogP contribution in [-0.2, 0) is 34.8 Å². The molecule has 6 aromatic rings. The molecule has 3 aromatic carbocycles. The molecular weight excluding hydrogens is 609 g/mol. The third-order valence-corrected chi connectivity index (χ3v) is 8.98. The van der Waals surface area contributed by atoms with E-state index in [0.29, 0.717) is 17.0 Å². The van der Waals surface area contributed by atoms with Gasteiger partial charge >= 0.3 is 0 Å². The molecule has 0 N–H and O–H groups in total. The highest BCUT2D eigenvalue weighted by Gasteiger charge is 2.24. The maximum absolute atomic E-state index is 14.2. The van der Waals surface area contributed by atoms with Crippen LogP contribution in [0.2, 0.25) is 0 Å². The van der Waals surface area contributed by atoms with Crippen molar-refractivity contribution in [3.05, 3.63) is 130 Å². The lowest BCUT2D eigenvalue weighted by atomic mass is 10.1. The van der Waals surface area contributed by atoms with Crippen LogP contribution in [0.25, 0.3) is 22.4 Å². The SMILES string of the molecule is Cc1cc(-c2ccc(=O)n(Cc3ccc4nnn(C)c4c3)n2)nc(S(=O)(=O)CCC(OCc2ccccc2F)c2ccccc2)n1. The Morgan fingerprint density at radius 1 is 0.913 bits per heavy atom. The second-order valence-electron chi connectivity index (χ2n) is 10.8. The van der Waals surface area contributed by atoms with E-state index in [9.17, 15) is 17.6 Å². The van der Waals surface area contributed by atoms with Gasteiger partial charge < -0.3 is 4.74 Å². The van der Waals surface area contributed by atoms with Crippen molar-refractivity contribution < 1.29 is 17.5 Å². The molecule has 0 saturated heterocycles. The molecule has 1 atom stereocenters. The summed E-state index contributed by atoms with van der Waals surface area (Å²) in [5.74, 6) is -0.709. The zero-order valence-electron chi connectivity index (χ0n) is 25.1. The molecule has 0 aliphatic carbocycles. The number of hydrogen-bond acceptors (Lipinski definition) is 9. The highest BCUT2D eigenvalue weighted by molar-refractivity contribution is 7.91. The monoisotopic (exact) mass is 639 g/mol. The van der Waals surface area contributed by atoms with Crippen molar-refractivity contribution in [3.8, 4) is 11.4 Å². The molecule has 0 aliphatic rings. The minimum atomic E-state index is -3.98. The first-order chi connectivity index (χ1) is 22.2. The van der Waals surface area contributed by atoms with Gasteiger partial charge in [-0.05, 0) is 54.8 Å². The van der Waals surface area contributed by atoms with Crippen molar-refractivity contribution in [2.45, 2.75) is 37.8 Å². The summed E-state index contributed by atoms with van der Waals surface area (Å²) in [6.07, 6.45) is -0.529. The molecule has 0 radical (unpaired) electrons. The largest absolute Gasteiger partial charge is 0.369 e. The number of benzene rings is 3. The number of nitrogens with zero attached hydrogens (tertiary/aromatic N) is 7. The van der Waals surface area contributed by atoms with Gasteiger partial charge in [-0.25, -0.2) is 32.1 Å². The lowest BCUT2D eigenvalue weighted by Gasteiger charge is -2.19. The molecule has 11 nitrogen and oxygen atoms in total. The van der Waals surface area contributed by atoms with Gasteiger partial charge in [-0.15, -0.1) is 5.10 Å². The van der Waals surface area contributed by atoms with Crippen LogP contribution in [0.1, 0.15) is 34.9 Å². The molecule has 6 rings (SSSR count). The van der Waals surface area contributed by atoms with Gasteiger partial charge in [-0.1, -0.05) is 59.8 Å². The lowest BCUT2D eigenvalue weighted by Crippen LogP contribution is -2.23. The molecule has 234 valence electrons. The summed E-state index contributed by atoms with van der Waals surface area (Å²) in [5.41, 5.74) is 4.19. The first-order valence-corrected chi connectivity index (χ1v) is 16.2. The van der Waals surface area contributed by atoms with E-state index in [1.165, 1.54) is 22.9 Å². The predicted octanol–water partition coefficient (Wildman–Crippen LogP) is 4.60. The molecule has 3 aromatic heterocycles. The number of fused-ring (bicyclic) bond motifs is 1. The van der Waals surface area contributed by atoms with Crippen LogP contribution in [0, 0.1) is 12.7 Å². The van der Waals surface area contributed by atoms with Crippen molar-refractivity contribution in [2.75, 3.05) is 5.75 Å². The molecule has 3 heterocycles. The van der Waals surface area contributed by atoms with Crippen LogP contribution in [0.4, 0.5) is 4.39 Å². The average Bonchev–Trinajstić information content (AvgIpc) is 3.42. The van der Waals surface area contributed by atoms with Crippen molar-refractivity contribution in [2.24, 2.45) is 7.05 Å². The maximum Gasteiger partial charge on any atom is 0.267 e. The molecule has 46 heavy (non-hydrogen) atoms. The van der Waals surface area contributed by atoms with Gasteiger partial charge in [0.1, 0.15) is 17.0 Å². The zero-order valence-corrected chi connectivity index (χ0v) is 25.9. The van der Waals surface area contributed by atoms with E-state index < -0.39 is 21.8 Å². The summed E-state index contributed by atoms with van der Waals surface area (Å²) in [4.78, 5) is 21.3. The predicted molar refractivity (Wildman–Crippen MR) is 169 cm³/mol. The van der Waals surface area contributed by atoms with Crippen LogP contribution < -0.4 is 5.56 Å². The summed E-state index contributed by atoms with van der Waals surface area (Å²) in [7, 11) is -2.19. The molecule has 0 fully saturated rings. The van der Waals surface area contributed by atoms with E-state index in [-0.39, 0.29) is 41.7 Å². The Morgan fingerprint density at radius 3 is 2.50 bits per heavy atom. The van der Waals surface area contributed by atoms with E-state index in [1.54, 1.807) is 42.9 Å². The number of aryl methyl sites for hydroxylation is 2. The summed E-state index contributed by atoms with van der Waals surface area (Å²) in [5, 5.41) is 12.2. The first-order valence-electron chi connectivity index (χ1n) is 14.5. The fourth-order valence-electron chi connectivity index (χ4n) is 5.03. The molecule has 0 amide bonds. The Labute approximate surface area is 264 Å². The van der Waals surface area contributed by atoms with Crippen molar-refractivity contribution in [1.29, 1.82) is 0 Å². The van der Waals surface area contributed by atoms with Gasteiger partial charge in [0, 0.05) is 24.4 Å². The third-order valence-electron chi connectivity index (χ3n) is 7.47. The molecule has 0 saturated carbocycles. The van der Waals surface area contributed by atoms with E-state index >= 15 is 0 Å². The molecular formula is C33H30FN7O4S. The van der Waals surface area contributed by atoms with Crippen molar-refractivity contribution in [1.82, 2.24) is 34.7 Å². The van der Waals surface area contributed by atoms with Gasteiger partial charge in [-0.2, -0.15) is 5.10 Å². The summed E-state index contributed by atoms with van der Waals surface area (Å²) < 4.78 is 50.4. The number of ether oxygens (including phenoxy) is 1. The number of aromatic nitrogens is 7. The van der Waals surface area contributed by atoms with Crippen LogP contribution in [-0.4, -0.2) is 48.9 Å². The summed E-state index contributed by atoms with van der Waals surface area (Å²) in [6, 6.07) is 25.6. The standard InChI is InChI=1S/C33H30FN7O4S/c1-22-18-29(27-14-15-32(42)41(38-27)20-23-12-13-28-30(19-23)40(2)39-37-28)36-33(35-22)46(43,44)17-16-31(24-8-4-3-5-9-24)45-21-25-10-6-7-11-26(25)34/h3-15,18-19,31H,16-17,20-21H2,1-2H3. The highest BCUT2D eigenvalue weighted by Crippen LogP contribution is 2.26. The van der Waals surface area contributed by atoms with E-state index in [4.69, 9.17) is 4.74 Å². The minimum absolute atomic E-state index is 0.0222. The number of rotatable bonds is 11. The Hall–Kier alpha value is -5.14. The first kappa shape index (κ1) is 30.9. The maximum atomic E-state index is 14.2. The smallest absolute Gasteiger partial charge is 0.267 e. The van der Waals surface area contributed by atoms with Gasteiger partial charge in [0.05, 0.1) is 36.2 Å². The Morgan fingerprint density at radius 2 is 1.70 bits per heavy atom. The summed E-state index contributed by atoms with van der Waals surface area (Å²) in [6.45, 7) is 1.82. The summed E-state index contributed by atoms with van der Waals surface area (Å²) >= 11 is 0. The van der Waals surface area contributed by atoms with Crippen molar-refractivity contribution >= 4 is 20.9 Å². The molecule has 0 aliphatic heterocycles. The van der Waals surface area contributed by atoms with Gasteiger partial charge in [0.2, 0.25) is 15.0 Å². The van der Waals surface area contributed by atoms with Gasteiger partial charge in [0.15, 0.2) is 0 Å². The Bertz CT molecular complexity index is 2190. The quantitative estimate of drug-likeness (QED) is 0.186. The van der Waals surface area contributed by atoms with Crippen molar-refractivity contribution in [3.63, 3.8) is 0 Å². The Balaban J connectivity index is 1.23. The third kappa shape index (κ3) is 6.90. The van der Waals surface area contributed by atoms with Crippen LogP contribution in [0.3, 0.4) is 0 Å². The molecule has 0 bridgehead atoms. The Kier molecular flexibility index (Phi) is 8.77. The number of sulfone groups is 1. The molecule has 1 unspecified atom stereocenters. The second kappa shape index (κ2) is 13.1. The fourth-order valence-corrected chi connectivity index (χ4v) is 6.26. The highest BCUT2D eigenvalue weighted by atomic mass is 32.2. The van der Waals surface area contributed by atoms with E-state index in [0.717, 1.165) is 22.2 Å². The normalized spacial score (nSPS) is 12.4. The minimum Gasteiger partial charge on any atom is -0.369 e. The molecule has 13 heteroatoms. The van der Waals surface area contributed by atoms with E-state index in [1.807, 2.05) is 48.5 Å². The number of hydrogen-bond donors (Lipinski definition) is 0. The molecule has 0 spiro atoms. The fraction of sp³-hybridized carbons (Fsp3) is 0.212. The van der Waals surface area contributed by atoms with Crippen LogP contribution in [0.5, 0.6) is 0 Å². The second-order valence-corrected chi connectivity index (χ2v) is 12.8. The van der Waals surface area contributed by atoms with Gasteiger partial charge in [-0.3, -0.25) is 4.79 Å². The van der Waals surface area contributed by atoms with Gasteiger partial charge in [0.25, 0.3) is 5.56 Å². The van der Waals surface area contributed by atoms with E-state index in [2.05, 4.69) is 25.4 Å². The average molecular weight is 640 g/mol. The zero-order chi connectivity index (χ0) is 32.3. The van der Waals surface area contributed by atoms with Crippen LogP contribution >= 0.6 is 0 Å². The number of halogens is 1. The van der Waals surface area contributed by atoms with Crippen LogP contribution in [0.15, 0.2) is 101 Å².